The van der Waals surface area contributed by atoms with Crippen LogP contribution < -0.4 is 15.8 Å². The molecule has 0 aliphatic carbocycles. The molecule has 112 valence electrons. The second-order valence-electron chi connectivity index (χ2n) is 4.81. The molecule has 0 saturated heterocycles. The third-order valence-electron chi connectivity index (χ3n) is 2.78. The maximum absolute atomic E-state index is 13.7. The van der Waals surface area contributed by atoms with Crippen molar-refractivity contribution in [2.45, 2.75) is 26.5 Å². The first kappa shape index (κ1) is 15.0. The summed E-state index contributed by atoms with van der Waals surface area (Å²) in [5.74, 6) is -1.49. The molecule has 1 aromatic carbocycles. The number of nitrogens with zero attached hydrogens (tertiary/aromatic N) is 1. The zero-order valence-corrected chi connectivity index (χ0v) is 11.9. The highest BCUT2D eigenvalue weighted by molar-refractivity contribution is 5.67. The van der Waals surface area contributed by atoms with Crippen LogP contribution in [0.2, 0.25) is 0 Å². The monoisotopic (exact) mass is 293 g/mol. The van der Waals surface area contributed by atoms with E-state index in [1.54, 1.807) is 18.3 Å². The highest BCUT2D eigenvalue weighted by Gasteiger charge is 2.13. The molecule has 0 fully saturated rings. The third-order valence-corrected chi connectivity index (χ3v) is 2.78. The summed E-state index contributed by atoms with van der Waals surface area (Å²) in [5.41, 5.74) is 6.47. The largest absolute Gasteiger partial charge is 0.475 e. The van der Waals surface area contributed by atoms with Gasteiger partial charge in [-0.15, -0.1) is 0 Å². The van der Waals surface area contributed by atoms with Crippen molar-refractivity contribution in [2.75, 3.05) is 11.1 Å². The highest BCUT2D eigenvalue weighted by Crippen LogP contribution is 2.26. The van der Waals surface area contributed by atoms with Gasteiger partial charge < -0.3 is 15.8 Å². The number of nitrogens with one attached hydrogen (secondary N) is 1. The molecular formula is C15H17F2N3O. The summed E-state index contributed by atoms with van der Waals surface area (Å²) in [4.78, 5) is 4.13. The molecule has 0 aliphatic heterocycles. The fraction of sp³-hybridized carbons (Fsp3) is 0.267. The van der Waals surface area contributed by atoms with Gasteiger partial charge in [0.1, 0.15) is 0 Å². The van der Waals surface area contributed by atoms with E-state index in [0.29, 0.717) is 5.88 Å². The van der Waals surface area contributed by atoms with Gasteiger partial charge in [-0.2, -0.15) is 0 Å². The smallest absolute Gasteiger partial charge is 0.218 e. The van der Waals surface area contributed by atoms with Crippen LogP contribution in [0.3, 0.4) is 0 Å². The van der Waals surface area contributed by atoms with E-state index >= 15 is 0 Å². The van der Waals surface area contributed by atoms with Gasteiger partial charge in [-0.25, -0.2) is 13.8 Å². The van der Waals surface area contributed by atoms with Gasteiger partial charge in [-0.05, 0) is 32.0 Å². The summed E-state index contributed by atoms with van der Waals surface area (Å²) < 4.78 is 32.5. The van der Waals surface area contributed by atoms with Crippen molar-refractivity contribution in [3.8, 4) is 5.88 Å². The molecular weight excluding hydrogens is 276 g/mol. The Kier molecular flexibility index (Phi) is 4.57. The number of nitrogens with two attached hydrogens (primary N) is 1. The lowest BCUT2D eigenvalue weighted by Gasteiger charge is -2.15. The topological polar surface area (TPSA) is 60.2 Å². The molecule has 0 bridgehead atoms. The number of hydrogen-bond acceptors (Lipinski definition) is 4. The summed E-state index contributed by atoms with van der Waals surface area (Å²) in [5, 5.41) is 2.79. The molecule has 0 atom stereocenters. The predicted molar refractivity (Wildman–Crippen MR) is 78.1 cm³/mol. The Balaban J connectivity index is 2.19. The molecule has 2 rings (SSSR count). The number of benzene rings is 1. The van der Waals surface area contributed by atoms with Gasteiger partial charge >= 0.3 is 0 Å². The van der Waals surface area contributed by atoms with E-state index in [-0.39, 0.29) is 24.0 Å². The first-order valence-corrected chi connectivity index (χ1v) is 6.57. The molecule has 0 amide bonds. The fourth-order valence-electron chi connectivity index (χ4n) is 1.82. The summed E-state index contributed by atoms with van der Waals surface area (Å²) in [6, 6.07) is 5.85. The Morgan fingerprint density at radius 3 is 2.76 bits per heavy atom. The van der Waals surface area contributed by atoms with Crippen molar-refractivity contribution in [1.29, 1.82) is 0 Å². The molecule has 4 nitrogen and oxygen atoms in total. The van der Waals surface area contributed by atoms with Crippen LogP contribution in [0.4, 0.5) is 20.2 Å². The summed E-state index contributed by atoms with van der Waals surface area (Å²) in [6.07, 6.45) is 1.58. The van der Waals surface area contributed by atoms with E-state index in [4.69, 9.17) is 10.5 Å². The molecule has 21 heavy (non-hydrogen) atoms. The average Bonchev–Trinajstić information content (AvgIpc) is 2.44. The van der Waals surface area contributed by atoms with Crippen LogP contribution in [0.25, 0.3) is 0 Å². The number of halogens is 2. The van der Waals surface area contributed by atoms with Gasteiger partial charge in [0, 0.05) is 18.3 Å². The minimum atomic E-state index is -0.995. The van der Waals surface area contributed by atoms with Crippen molar-refractivity contribution in [3.05, 3.63) is 47.7 Å². The van der Waals surface area contributed by atoms with E-state index < -0.39 is 11.6 Å². The second kappa shape index (κ2) is 6.39. The number of rotatable bonds is 5. The maximum Gasteiger partial charge on any atom is 0.218 e. The molecule has 0 spiro atoms. The third kappa shape index (κ3) is 3.59. The van der Waals surface area contributed by atoms with Crippen LogP contribution in [0.1, 0.15) is 19.4 Å². The molecule has 2 aromatic rings. The number of hydrogen-bond donors (Lipinski definition) is 2. The van der Waals surface area contributed by atoms with Gasteiger partial charge in [0.05, 0.1) is 17.5 Å². The molecule has 0 saturated carbocycles. The number of aromatic nitrogens is 1. The first-order chi connectivity index (χ1) is 9.99. The molecule has 3 N–H and O–H groups in total. The standard InChI is InChI=1S/C15H17F2N3O/c1-9(2)21-15-10(4-3-7-19-15)8-20-14-12(18)6-5-11(16)13(14)17/h3-7,9,20H,8,18H2,1-2H3. The lowest BCUT2D eigenvalue weighted by atomic mass is 10.2. The number of pyridine rings is 1. The van der Waals surface area contributed by atoms with E-state index in [1.807, 2.05) is 13.8 Å². The minimum absolute atomic E-state index is 0.0328. The normalized spacial score (nSPS) is 10.7. The zero-order valence-electron chi connectivity index (χ0n) is 11.9. The van der Waals surface area contributed by atoms with Gasteiger partial charge in [0.2, 0.25) is 5.88 Å². The molecule has 1 heterocycles. The highest BCUT2D eigenvalue weighted by atomic mass is 19.2. The average molecular weight is 293 g/mol. The number of ether oxygens (including phenoxy) is 1. The lowest BCUT2D eigenvalue weighted by molar-refractivity contribution is 0.230. The van der Waals surface area contributed by atoms with Crippen LogP contribution in [0.5, 0.6) is 5.88 Å². The van der Waals surface area contributed by atoms with Gasteiger partial charge in [0.15, 0.2) is 11.6 Å². The molecule has 0 radical (unpaired) electrons. The molecule has 0 unspecified atom stereocenters. The summed E-state index contributed by atoms with van der Waals surface area (Å²) in [6.45, 7) is 3.99. The van der Waals surface area contributed by atoms with E-state index in [9.17, 15) is 8.78 Å². The summed E-state index contributed by atoms with van der Waals surface area (Å²) >= 11 is 0. The predicted octanol–water partition coefficient (Wildman–Crippen LogP) is 3.34. The fourth-order valence-corrected chi connectivity index (χ4v) is 1.82. The van der Waals surface area contributed by atoms with Crippen LogP contribution in [-0.4, -0.2) is 11.1 Å². The number of anilines is 2. The minimum Gasteiger partial charge on any atom is -0.475 e. The molecule has 1 aromatic heterocycles. The van der Waals surface area contributed by atoms with Crippen molar-refractivity contribution in [3.63, 3.8) is 0 Å². The maximum atomic E-state index is 13.7. The Bertz CT molecular complexity index is 632. The van der Waals surface area contributed by atoms with Gasteiger partial charge in [-0.1, -0.05) is 6.07 Å². The molecule has 6 heteroatoms. The van der Waals surface area contributed by atoms with E-state index in [2.05, 4.69) is 10.3 Å². The SMILES string of the molecule is CC(C)Oc1ncccc1CNc1c(N)ccc(F)c1F. The van der Waals surface area contributed by atoms with Gasteiger partial charge in [-0.3, -0.25) is 0 Å². The Morgan fingerprint density at radius 1 is 1.29 bits per heavy atom. The zero-order chi connectivity index (χ0) is 15.4. The van der Waals surface area contributed by atoms with Crippen molar-refractivity contribution in [1.82, 2.24) is 4.98 Å². The van der Waals surface area contributed by atoms with Crippen LogP contribution in [0.15, 0.2) is 30.5 Å². The van der Waals surface area contributed by atoms with Crippen molar-refractivity contribution >= 4 is 11.4 Å². The van der Waals surface area contributed by atoms with Gasteiger partial charge in [0.25, 0.3) is 0 Å². The Labute approximate surface area is 122 Å². The van der Waals surface area contributed by atoms with Crippen LogP contribution in [0, 0.1) is 11.6 Å². The summed E-state index contributed by atoms with van der Waals surface area (Å²) in [7, 11) is 0. The van der Waals surface area contributed by atoms with Crippen LogP contribution >= 0.6 is 0 Å². The first-order valence-electron chi connectivity index (χ1n) is 6.57. The van der Waals surface area contributed by atoms with E-state index in [0.717, 1.165) is 11.6 Å². The molecule has 0 aliphatic rings. The number of nitrogen functional groups attached to an aromatic ring is 1. The second-order valence-corrected chi connectivity index (χ2v) is 4.81. The lowest BCUT2D eigenvalue weighted by Crippen LogP contribution is -2.11. The van der Waals surface area contributed by atoms with Crippen LogP contribution in [-0.2, 0) is 6.54 Å². The Hall–Kier alpha value is -2.37. The van der Waals surface area contributed by atoms with Crippen molar-refractivity contribution < 1.29 is 13.5 Å². The quantitative estimate of drug-likeness (QED) is 0.830. The Morgan fingerprint density at radius 2 is 2.05 bits per heavy atom. The van der Waals surface area contributed by atoms with E-state index in [1.165, 1.54) is 6.07 Å². The van der Waals surface area contributed by atoms with Crippen molar-refractivity contribution in [2.24, 2.45) is 0 Å².